The summed E-state index contributed by atoms with van der Waals surface area (Å²) >= 11 is 7.46. The highest BCUT2D eigenvalue weighted by Crippen LogP contribution is 2.24. The fourth-order valence-electron chi connectivity index (χ4n) is 1.97. The molecular weight excluding hydrogens is 296 g/mol. The standard InChI is InChI=1S/C14H19ClN2O2S/c1-9(20-8-11-3-2-6-19-11)14(18)17-10-4-5-12(15)13(16)7-10/h4-5,7,9,11H,2-3,6,8,16H2,1H3,(H,17,18). The minimum atomic E-state index is -0.129. The first-order chi connectivity index (χ1) is 9.56. The number of ether oxygens (including phenoxy) is 1. The number of anilines is 2. The number of halogens is 1. The van der Waals surface area contributed by atoms with Gasteiger partial charge in [-0.2, -0.15) is 0 Å². The molecule has 1 amide bonds. The Hall–Kier alpha value is -0.910. The van der Waals surface area contributed by atoms with Crippen molar-refractivity contribution in [3.05, 3.63) is 23.2 Å². The zero-order valence-corrected chi connectivity index (χ0v) is 13.0. The van der Waals surface area contributed by atoms with Gasteiger partial charge in [0, 0.05) is 18.0 Å². The third kappa shape index (κ3) is 4.30. The van der Waals surface area contributed by atoms with Gasteiger partial charge < -0.3 is 15.8 Å². The largest absolute Gasteiger partial charge is 0.397 e. The van der Waals surface area contributed by atoms with E-state index in [4.69, 9.17) is 22.1 Å². The minimum absolute atomic E-state index is 0.0327. The fourth-order valence-corrected chi connectivity index (χ4v) is 3.06. The number of carbonyl (C=O) groups is 1. The van der Waals surface area contributed by atoms with Crippen LogP contribution in [-0.2, 0) is 9.53 Å². The fraction of sp³-hybridized carbons (Fsp3) is 0.500. The Balaban J connectivity index is 1.81. The van der Waals surface area contributed by atoms with Gasteiger partial charge in [-0.15, -0.1) is 11.8 Å². The van der Waals surface area contributed by atoms with Gasteiger partial charge in [0.1, 0.15) is 0 Å². The van der Waals surface area contributed by atoms with Crippen molar-refractivity contribution in [3.63, 3.8) is 0 Å². The number of amides is 1. The van der Waals surface area contributed by atoms with E-state index in [1.54, 1.807) is 30.0 Å². The van der Waals surface area contributed by atoms with Gasteiger partial charge in [-0.1, -0.05) is 11.6 Å². The molecule has 1 aromatic carbocycles. The van der Waals surface area contributed by atoms with Gasteiger partial charge in [-0.25, -0.2) is 0 Å². The van der Waals surface area contributed by atoms with Crippen LogP contribution in [0.1, 0.15) is 19.8 Å². The molecule has 0 radical (unpaired) electrons. The van der Waals surface area contributed by atoms with E-state index in [0.717, 1.165) is 25.2 Å². The molecule has 2 atom stereocenters. The summed E-state index contributed by atoms with van der Waals surface area (Å²) in [6.45, 7) is 2.74. The molecule has 1 aliphatic rings. The van der Waals surface area contributed by atoms with E-state index in [0.29, 0.717) is 22.5 Å². The molecule has 4 nitrogen and oxygen atoms in total. The number of nitrogens with one attached hydrogen (secondary N) is 1. The van der Waals surface area contributed by atoms with E-state index in [1.807, 2.05) is 6.92 Å². The van der Waals surface area contributed by atoms with Crippen molar-refractivity contribution in [1.29, 1.82) is 0 Å². The van der Waals surface area contributed by atoms with Crippen molar-refractivity contribution in [1.82, 2.24) is 0 Å². The van der Waals surface area contributed by atoms with Crippen LogP contribution >= 0.6 is 23.4 Å². The summed E-state index contributed by atoms with van der Waals surface area (Å²) in [7, 11) is 0. The molecule has 1 aliphatic heterocycles. The van der Waals surface area contributed by atoms with Gasteiger partial charge in [0.2, 0.25) is 5.91 Å². The Morgan fingerprint density at radius 2 is 2.45 bits per heavy atom. The molecular formula is C14H19ClN2O2S. The Labute approximate surface area is 128 Å². The van der Waals surface area contributed by atoms with Crippen LogP contribution in [0, 0.1) is 0 Å². The number of hydrogen-bond donors (Lipinski definition) is 2. The lowest BCUT2D eigenvalue weighted by Gasteiger charge is -2.15. The molecule has 0 bridgehead atoms. The van der Waals surface area contributed by atoms with Crippen LogP contribution in [0.15, 0.2) is 18.2 Å². The molecule has 2 rings (SSSR count). The van der Waals surface area contributed by atoms with Gasteiger partial charge in [0.25, 0.3) is 0 Å². The van der Waals surface area contributed by atoms with Crippen LogP contribution in [0.2, 0.25) is 5.02 Å². The van der Waals surface area contributed by atoms with Crippen molar-refractivity contribution in [3.8, 4) is 0 Å². The van der Waals surface area contributed by atoms with E-state index in [1.165, 1.54) is 0 Å². The molecule has 0 saturated carbocycles. The van der Waals surface area contributed by atoms with Crippen molar-refractivity contribution in [2.24, 2.45) is 0 Å². The highest BCUT2D eigenvalue weighted by molar-refractivity contribution is 8.00. The van der Waals surface area contributed by atoms with E-state index >= 15 is 0 Å². The number of rotatable bonds is 5. The third-order valence-electron chi connectivity index (χ3n) is 3.19. The number of hydrogen-bond acceptors (Lipinski definition) is 4. The van der Waals surface area contributed by atoms with E-state index < -0.39 is 0 Å². The van der Waals surface area contributed by atoms with Crippen LogP contribution in [0.4, 0.5) is 11.4 Å². The van der Waals surface area contributed by atoms with Crippen molar-refractivity contribution < 1.29 is 9.53 Å². The lowest BCUT2D eigenvalue weighted by Crippen LogP contribution is -2.24. The lowest BCUT2D eigenvalue weighted by atomic mass is 10.2. The predicted octanol–water partition coefficient (Wildman–Crippen LogP) is 3.16. The normalized spacial score (nSPS) is 19.8. The molecule has 1 saturated heterocycles. The minimum Gasteiger partial charge on any atom is -0.397 e. The maximum absolute atomic E-state index is 12.1. The molecule has 1 aromatic rings. The van der Waals surface area contributed by atoms with Crippen LogP contribution in [0.3, 0.4) is 0 Å². The molecule has 0 spiro atoms. The molecule has 110 valence electrons. The van der Waals surface area contributed by atoms with Crippen molar-refractivity contribution in [2.75, 3.05) is 23.4 Å². The predicted molar refractivity (Wildman–Crippen MR) is 85.4 cm³/mol. The molecule has 1 fully saturated rings. The number of nitrogens with two attached hydrogens (primary N) is 1. The van der Waals surface area contributed by atoms with Crippen molar-refractivity contribution >= 4 is 40.6 Å². The number of benzene rings is 1. The van der Waals surface area contributed by atoms with Crippen molar-refractivity contribution in [2.45, 2.75) is 31.1 Å². The van der Waals surface area contributed by atoms with Gasteiger partial charge >= 0.3 is 0 Å². The quantitative estimate of drug-likeness (QED) is 0.819. The van der Waals surface area contributed by atoms with Crippen LogP contribution < -0.4 is 11.1 Å². The van der Waals surface area contributed by atoms with Crippen LogP contribution in [0.5, 0.6) is 0 Å². The lowest BCUT2D eigenvalue weighted by molar-refractivity contribution is -0.115. The van der Waals surface area contributed by atoms with Gasteiger partial charge in [-0.3, -0.25) is 4.79 Å². The zero-order valence-electron chi connectivity index (χ0n) is 11.4. The molecule has 3 N–H and O–H groups in total. The average Bonchev–Trinajstić information content (AvgIpc) is 2.93. The number of carbonyl (C=O) groups excluding carboxylic acids is 1. The number of thioether (sulfide) groups is 1. The van der Waals surface area contributed by atoms with Crippen LogP contribution in [0.25, 0.3) is 0 Å². The van der Waals surface area contributed by atoms with Gasteiger partial charge in [-0.05, 0) is 38.0 Å². The van der Waals surface area contributed by atoms with E-state index in [9.17, 15) is 4.79 Å². The molecule has 0 aromatic heterocycles. The summed E-state index contributed by atoms with van der Waals surface area (Å²) in [5, 5.41) is 3.21. The molecule has 0 aliphatic carbocycles. The molecule has 1 heterocycles. The average molecular weight is 315 g/mol. The van der Waals surface area contributed by atoms with Gasteiger partial charge in [0.15, 0.2) is 0 Å². The van der Waals surface area contributed by atoms with Gasteiger partial charge in [0.05, 0.1) is 22.1 Å². The first-order valence-corrected chi connectivity index (χ1v) is 8.08. The number of nitrogen functional groups attached to an aromatic ring is 1. The Morgan fingerprint density at radius 3 is 3.10 bits per heavy atom. The van der Waals surface area contributed by atoms with E-state index in [2.05, 4.69) is 5.32 Å². The SMILES string of the molecule is CC(SCC1CCCO1)C(=O)Nc1ccc(Cl)c(N)c1. The maximum Gasteiger partial charge on any atom is 0.237 e. The third-order valence-corrected chi connectivity index (χ3v) is 4.81. The summed E-state index contributed by atoms with van der Waals surface area (Å²) in [5.74, 6) is 0.826. The second kappa shape index (κ2) is 7.20. The zero-order chi connectivity index (χ0) is 14.5. The highest BCUT2D eigenvalue weighted by Gasteiger charge is 2.20. The molecule has 6 heteroatoms. The smallest absolute Gasteiger partial charge is 0.237 e. The Morgan fingerprint density at radius 1 is 1.65 bits per heavy atom. The van der Waals surface area contributed by atoms with Crippen LogP contribution in [-0.4, -0.2) is 29.6 Å². The summed E-state index contributed by atoms with van der Waals surface area (Å²) < 4.78 is 5.55. The Bertz CT molecular complexity index is 478. The summed E-state index contributed by atoms with van der Waals surface area (Å²) in [6, 6.07) is 5.09. The second-order valence-corrected chi connectivity index (χ2v) is 6.62. The maximum atomic E-state index is 12.1. The topological polar surface area (TPSA) is 64.3 Å². The first-order valence-electron chi connectivity index (χ1n) is 6.65. The molecule has 20 heavy (non-hydrogen) atoms. The summed E-state index contributed by atoms with van der Waals surface area (Å²) in [4.78, 5) is 12.1. The second-order valence-electron chi connectivity index (χ2n) is 4.84. The van der Waals surface area contributed by atoms with E-state index in [-0.39, 0.29) is 11.2 Å². The Kier molecular flexibility index (Phi) is 5.57. The summed E-state index contributed by atoms with van der Waals surface area (Å²) in [6.07, 6.45) is 2.51. The monoisotopic (exact) mass is 314 g/mol. The first kappa shape index (κ1) is 15.5. The summed E-state index contributed by atoms with van der Waals surface area (Å²) in [5.41, 5.74) is 6.84. The highest BCUT2D eigenvalue weighted by atomic mass is 35.5. The molecule has 2 unspecified atom stereocenters.